The third-order valence-corrected chi connectivity index (χ3v) is 5.11. The summed E-state index contributed by atoms with van der Waals surface area (Å²) in [5.41, 5.74) is 0.0176. The van der Waals surface area contributed by atoms with Crippen LogP contribution in [-0.4, -0.2) is 67.0 Å². The van der Waals surface area contributed by atoms with Crippen LogP contribution in [0, 0.1) is 5.82 Å². The molecule has 3 amide bonds. The van der Waals surface area contributed by atoms with Crippen LogP contribution in [0.15, 0.2) is 24.3 Å². The van der Waals surface area contributed by atoms with Gasteiger partial charge in [-0.1, -0.05) is 12.1 Å². The SMILES string of the molecule is O=C(NCCNC(=O)N1CCCC1CN1CCCC1)c1ccccc1F. The molecule has 0 bridgehead atoms. The Kier molecular flexibility index (Phi) is 6.44. The number of likely N-dealkylation sites (tertiary alicyclic amines) is 2. The lowest BCUT2D eigenvalue weighted by Gasteiger charge is -2.28. The molecule has 0 spiro atoms. The third kappa shape index (κ3) is 4.72. The fraction of sp³-hybridized carbons (Fsp3) is 0.579. The molecule has 0 saturated carbocycles. The molecular formula is C19H27FN4O2. The monoisotopic (exact) mass is 362 g/mol. The maximum Gasteiger partial charge on any atom is 0.317 e. The van der Waals surface area contributed by atoms with Crippen LogP contribution in [0.2, 0.25) is 0 Å². The van der Waals surface area contributed by atoms with Gasteiger partial charge in [0.25, 0.3) is 5.91 Å². The number of nitrogens with one attached hydrogen (secondary N) is 2. The number of carbonyl (C=O) groups excluding carboxylic acids is 2. The van der Waals surface area contributed by atoms with Crippen molar-refractivity contribution in [2.75, 3.05) is 39.3 Å². The molecule has 2 N–H and O–H groups in total. The van der Waals surface area contributed by atoms with E-state index in [-0.39, 0.29) is 24.2 Å². The van der Waals surface area contributed by atoms with Crippen molar-refractivity contribution in [3.05, 3.63) is 35.6 Å². The van der Waals surface area contributed by atoms with Gasteiger partial charge < -0.3 is 20.4 Å². The van der Waals surface area contributed by atoms with Gasteiger partial charge in [0.1, 0.15) is 5.82 Å². The molecular weight excluding hydrogens is 335 g/mol. The van der Waals surface area contributed by atoms with Crippen LogP contribution in [0.1, 0.15) is 36.0 Å². The quantitative estimate of drug-likeness (QED) is 0.759. The van der Waals surface area contributed by atoms with E-state index in [1.54, 1.807) is 12.1 Å². The fourth-order valence-electron chi connectivity index (χ4n) is 3.74. The number of rotatable bonds is 6. The first-order valence-corrected chi connectivity index (χ1v) is 9.44. The summed E-state index contributed by atoms with van der Waals surface area (Å²) in [4.78, 5) is 28.7. The van der Waals surface area contributed by atoms with Gasteiger partial charge in [-0.15, -0.1) is 0 Å². The van der Waals surface area contributed by atoms with Crippen LogP contribution in [-0.2, 0) is 0 Å². The van der Waals surface area contributed by atoms with Gasteiger partial charge in [0.15, 0.2) is 0 Å². The van der Waals surface area contributed by atoms with E-state index >= 15 is 0 Å². The number of amides is 3. The van der Waals surface area contributed by atoms with Crippen LogP contribution in [0.4, 0.5) is 9.18 Å². The van der Waals surface area contributed by atoms with Gasteiger partial charge in [-0.3, -0.25) is 4.79 Å². The minimum atomic E-state index is -0.546. The summed E-state index contributed by atoms with van der Waals surface area (Å²) in [5.74, 6) is -1.01. The second kappa shape index (κ2) is 8.98. The van der Waals surface area contributed by atoms with E-state index in [4.69, 9.17) is 0 Å². The van der Waals surface area contributed by atoms with E-state index in [2.05, 4.69) is 15.5 Å². The Bertz CT molecular complexity index is 634. The van der Waals surface area contributed by atoms with E-state index in [1.807, 2.05) is 4.90 Å². The van der Waals surface area contributed by atoms with Crippen molar-refractivity contribution in [2.24, 2.45) is 0 Å². The zero-order valence-electron chi connectivity index (χ0n) is 15.0. The number of hydrogen-bond donors (Lipinski definition) is 2. The van der Waals surface area contributed by atoms with Gasteiger partial charge in [0.05, 0.1) is 5.56 Å². The molecule has 3 rings (SSSR count). The molecule has 0 radical (unpaired) electrons. The molecule has 26 heavy (non-hydrogen) atoms. The molecule has 1 aromatic carbocycles. The minimum Gasteiger partial charge on any atom is -0.350 e. The lowest BCUT2D eigenvalue weighted by Crippen LogP contribution is -2.48. The van der Waals surface area contributed by atoms with E-state index in [0.29, 0.717) is 6.54 Å². The average molecular weight is 362 g/mol. The Balaban J connectivity index is 1.39. The Morgan fingerprint density at radius 2 is 1.77 bits per heavy atom. The van der Waals surface area contributed by atoms with Crippen LogP contribution in [0.25, 0.3) is 0 Å². The molecule has 7 heteroatoms. The Labute approximate surface area is 153 Å². The summed E-state index contributed by atoms with van der Waals surface area (Å²) in [7, 11) is 0. The Morgan fingerprint density at radius 1 is 1.04 bits per heavy atom. The Morgan fingerprint density at radius 3 is 2.54 bits per heavy atom. The molecule has 2 fully saturated rings. The highest BCUT2D eigenvalue weighted by Gasteiger charge is 2.30. The summed E-state index contributed by atoms with van der Waals surface area (Å²) in [6, 6.07) is 6.06. The standard InChI is InChI=1S/C19H27FN4O2/c20-17-8-2-1-7-16(17)18(25)21-9-10-22-19(26)24-13-5-6-15(24)14-23-11-3-4-12-23/h1-2,7-8,15H,3-6,9-14H2,(H,21,25)(H,22,26). The average Bonchev–Trinajstić information content (AvgIpc) is 3.31. The smallest absolute Gasteiger partial charge is 0.317 e. The molecule has 1 aromatic rings. The largest absolute Gasteiger partial charge is 0.350 e. The van der Waals surface area contributed by atoms with Crippen molar-refractivity contribution in [3.8, 4) is 0 Å². The molecule has 2 aliphatic heterocycles. The Hall–Kier alpha value is -2.15. The van der Waals surface area contributed by atoms with Gasteiger partial charge in [-0.2, -0.15) is 0 Å². The van der Waals surface area contributed by atoms with E-state index in [0.717, 1.165) is 39.0 Å². The number of hydrogen-bond acceptors (Lipinski definition) is 3. The number of benzene rings is 1. The van der Waals surface area contributed by atoms with Gasteiger partial charge in [-0.25, -0.2) is 9.18 Å². The first kappa shape index (κ1) is 18.6. The van der Waals surface area contributed by atoms with Crippen LogP contribution < -0.4 is 10.6 Å². The molecule has 0 aliphatic carbocycles. The summed E-state index contributed by atoms with van der Waals surface area (Å²) in [6.45, 7) is 4.60. The van der Waals surface area contributed by atoms with Crippen molar-refractivity contribution in [1.82, 2.24) is 20.4 Å². The highest BCUT2D eigenvalue weighted by molar-refractivity contribution is 5.94. The molecule has 1 unspecified atom stereocenters. The number of halogens is 1. The van der Waals surface area contributed by atoms with E-state index < -0.39 is 11.7 Å². The fourth-order valence-corrected chi connectivity index (χ4v) is 3.74. The highest BCUT2D eigenvalue weighted by atomic mass is 19.1. The van der Waals surface area contributed by atoms with Crippen molar-refractivity contribution < 1.29 is 14.0 Å². The lowest BCUT2D eigenvalue weighted by atomic mass is 10.2. The first-order chi connectivity index (χ1) is 12.6. The molecule has 2 heterocycles. The maximum absolute atomic E-state index is 13.6. The second-order valence-electron chi connectivity index (χ2n) is 6.96. The van der Waals surface area contributed by atoms with Crippen molar-refractivity contribution in [2.45, 2.75) is 31.7 Å². The maximum atomic E-state index is 13.6. The van der Waals surface area contributed by atoms with Gasteiger partial charge in [-0.05, 0) is 50.9 Å². The van der Waals surface area contributed by atoms with E-state index in [9.17, 15) is 14.0 Å². The summed E-state index contributed by atoms with van der Waals surface area (Å²) in [6.07, 6.45) is 4.59. The van der Waals surface area contributed by atoms with Crippen LogP contribution >= 0.6 is 0 Å². The summed E-state index contributed by atoms with van der Waals surface area (Å²) < 4.78 is 13.6. The molecule has 2 saturated heterocycles. The van der Waals surface area contributed by atoms with Crippen LogP contribution in [0.5, 0.6) is 0 Å². The number of urea groups is 1. The zero-order chi connectivity index (χ0) is 18.4. The number of carbonyl (C=O) groups is 2. The first-order valence-electron chi connectivity index (χ1n) is 9.44. The van der Waals surface area contributed by atoms with Gasteiger partial charge in [0, 0.05) is 32.2 Å². The molecule has 142 valence electrons. The van der Waals surface area contributed by atoms with Gasteiger partial charge in [0.2, 0.25) is 0 Å². The molecule has 1 atom stereocenters. The topological polar surface area (TPSA) is 64.7 Å². The summed E-state index contributed by atoms with van der Waals surface area (Å²) in [5, 5.41) is 5.50. The minimum absolute atomic E-state index is 0.0176. The highest BCUT2D eigenvalue weighted by Crippen LogP contribution is 2.20. The van der Waals surface area contributed by atoms with Crippen molar-refractivity contribution in [3.63, 3.8) is 0 Å². The van der Waals surface area contributed by atoms with Crippen molar-refractivity contribution in [1.29, 1.82) is 0 Å². The molecule has 2 aliphatic rings. The molecule has 6 nitrogen and oxygen atoms in total. The summed E-state index contributed by atoms with van der Waals surface area (Å²) >= 11 is 0. The zero-order valence-corrected chi connectivity index (χ0v) is 15.0. The lowest BCUT2D eigenvalue weighted by molar-refractivity contribution is 0.0949. The van der Waals surface area contributed by atoms with Crippen LogP contribution in [0.3, 0.4) is 0 Å². The van der Waals surface area contributed by atoms with E-state index in [1.165, 1.54) is 25.0 Å². The van der Waals surface area contributed by atoms with Gasteiger partial charge >= 0.3 is 6.03 Å². The van der Waals surface area contributed by atoms with Crippen molar-refractivity contribution >= 4 is 11.9 Å². The predicted octanol–water partition coefficient (Wildman–Crippen LogP) is 1.83. The molecule has 0 aromatic heterocycles. The third-order valence-electron chi connectivity index (χ3n) is 5.11. The number of nitrogens with zero attached hydrogens (tertiary/aromatic N) is 2. The second-order valence-corrected chi connectivity index (χ2v) is 6.96. The predicted molar refractivity (Wildman–Crippen MR) is 97.5 cm³/mol. The normalized spacial score (nSPS) is 20.3.